The standard InChI is InChI=1S/Al.Mo.H3N.Zr.3H/h;;1H3;;;;. The molecule has 0 heterocycles. The van der Waals surface area contributed by atoms with Gasteiger partial charge in [-0.15, -0.1) is 0 Å². The minimum Gasteiger partial charge on any atom is -0.344 e. The summed E-state index contributed by atoms with van der Waals surface area (Å²) >= 11 is 0. The van der Waals surface area contributed by atoms with Crippen LogP contribution in [0.5, 0.6) is 0 Å². The van der Waals surface area contributed by atoms with Crippen molar-refractivity contribution in [2.24, 2.45) is 0 Å². The molecule has 0 radical (unpaired) electrons. The molecular formula is H6AlMoNZr. The monoisotopic (exact) mass is 235 g/mol. The molecule has 24 valence electrons. The molecule has 0 aliphatic heterocycles. The van der Waals surface area contributed by atoms with Crippen LogP contribution in [0.2, 0.25) is 0 Å². The first-order chi connectivity index (χ1) is 0. The maximum atomic E-state index is 0. The van der Waals surface area contributed by atoms with Crippen LogP contribution in [0.15, 0.2) is 0 Å². The molecule has 0 unspecified atom stereocenters. The maximum absolute atomic E-state index is 0. The maximum Gasteiger partial charge on any atom is 0.187 e. The Balaban J connectivity index is 0. The van der Waals surface area contributed by atoms with Crippen LogP contribution in [0, 0.1) is 0 Å². The summed E-state index contributed by atoms with van der Waals surface area (Å²) in [5.41, 5.74) is 0. The molecular weight excluding hydrogens is 228 g/mol. The van der Waals surface area contributed by atoms with Crippen molar-refractivity contribution in [3.63, 3.8) is 0 Å². The Morgan fingerprint density at radius 1 is 1.00 bits per heavy atom. The zero-order valence-corrected chi connectivity index (χ0v) is 6.08. The summed E-state index contributed by atoms with van der Waals surface area (Å²) in [6, 6.07) is 0. The SMILES string of the molecule is N.[AlH3].[Mo].[Zr]. The smallest absolute Gasteiger partial charge is 0.187 e. The van der Waals surface area contributed by atoms with Crippen LogP contribution in [0.4, 0.5) is 0 Å². The molecule has 0 aliphatic rings. The number of hydrogen-bond acceptors (Lipinski definition) is 1. The van der Waals surface area contributed by atoms with E-state index in [2.05, 4.69) is 0 Å². The molecule has 0 saturated heterocycles. The van der Waals surface area contributed by atoms with Crippen LogP contribution in [0.25, 0.3) is 0 Å². The Kier molecular flexibility index (Phi) is 179. The minimum absolute atomic E-state index is 0. The Morgan fingerprint density at radius 2 is 1.00 bits per heavy atom. The first kappa shape index (κ1) is 36.5. The molecule has 0 amide bonds. The zero-order valence-electron chi connectivity index (χ0n) is 1.62. The second kappa shape index (κ2) is 19.6. The summed E-state index contributed by atoms with van der Waals surface area (Å²) in [5.74, 6) is 0. The fraction of sp³-hybridized carbons (Fsp3) is 0. The Bertz CT molecular complexity index is 8.00. The third kappa shape index (κ3) is 8.96. The van der Waals surface area contributed by atoms with Crippen molar-refractivity contribution in [3.05, 3.63) is 0 Å². The van der Waals surface area contributed by atoms with Crippen LogP contribution >= 0.6 is 0 Å². The van der Waals surface area contributed by atoms with E-state index in [0.717, 1.165) is 0 Å². The third-order valence-corrected chi connectivity index (χ3v) is 0. The Hall–Kier alpha value is 2.06. The van der Waals surface area contributed by atoms with E-state index in [4.69, 9.17) is 0 Å². The minimum atomic E-state index is 0. The molecule has 0 aliphatic carbocycles. The van der Waals surface area contributed by atoms with E-state index < -0.39 is 0 Å². The molecule has 4 heteroatoms. The fourth-order valence-electron chi connectivity index (χ4n) is 0. The summed E-state index contributed by atoms with van der Waals surface area (Å²) in [4.78, 5) is 0. The summed E-state index contributed by atoms with van der Waals surface area (Å²) < 4.78 is 0. The fourth-order valence-corrected chi connectivity index (χ4v) is 0. The summed E-state index contributed by atoms with van der Waals surface area (Å²) in [6.45, 7) is 0. The molecule has 0 aromatic carbocycles. The second-order valence-electron chi connectivity index (χ2n) is 0. The molecule has 0 fully saturated rings. The topological polar surface area (TPSA) is 35.0 Å². The molecule has 0 aromatic heterocycles. The van der Waals surface area contributed by atoms with Gasteiger partial charge in [-0.2, -0.15) is 0 Å². The van der Waals surface area contributed by atoms with E-state index in [1.807, 2.05) is 0 Å². The van der Waals surface area contributed by atoms with Crippen LogP contribution in [0.3, 0.4) is 0 Å². The van der Waals surface area contributed by atoms with Gasteiger partial charge in [-0.25, -0.2) is 0 Å². The average Bonchev–Trinajstić information content (AvgIpc) is 0. The van der Waals surface area contributed by atoms with Gasteiger partial charge in [0.05, 0.1) is 0 Å². The van der Waals surface area contributed by atoms with Crippen LogP contribution in [0.1, 0.15) is 0 Å². The first-order valence-corrected chi connectivity index (χ1v) is 0. The average molecular weight is 234 g/mol. The van der Waals surface area contributed by atoms with Gasteiger partial charge in [0.1, 0.15) is 0 Å². The van der Waals surface area contributed by atoms with Crippen molar-refractivity contribution in [1.29, 1.82) is 0 Å². The van der Waals surface area contributed by atoms with Crippen molar-refractivity contribution in [2.75, 3.05) is 0 Å². The molecule has 0 atom stereocenters. The van der Waals surface area contributed by atoms with Crippen LogP contribution in [-0.2, 0) is 47.3 Å². The molecule has 0 aromatic rings. The van der Waals surface area contributed by atoms with E-state index >= 15 is 0 Å². The zero-order chi connectivity index (χ0) is 0. The van der Waals surface area contributed by atoms with E-state index in [1.54, 1.807) is 0 Å². The van der Waals surface area contributed by atoms with Gasteiger partial charge < -0.3 is 6.15 Å². The van der Waals surface area contributed by atoms with Gasteiger partial charge in [0.25, 0.3) is 0 Å². The van der Waals surface area contributed by atoms with Gasteiger partial charge in [-0.1, -0.05) is 0 Å². The van der Waals surface area contributed by atoms with Gasteiger partial charge in [0.15, 0.2) is 17.4 Å². The predicted octanol–water partition coefficient (Wildman–Crippen LogP) is -1.03. The van der Waals surface area contributed by atoms with Crippen molar-refractivity contribution < 1.29 is 47.3 Å². The van der Waals surface area contributed by atoms with Crippen LogP contribution in [-0.4, -0.2) is 17.4 Å². The third-order valence-electron chi connectivity index (χ3n) is 0. The van der Waals surface area contributed by atoms with E-state index in [1.165, 1.54) is 0 Å². The normalized spacial score (nSPS) is 0. The van der Waals surface area contributed by atoms with Gasteiger partial charge >= 0.3 is 0 Å². The van der Waals surface area contributed by atoms with E-state index in [0.29, 0.717) is 0 Å². The predicted molar refractivity (Wildman–Crippen MR) is 15.0 cm³/mol. The van der Waals surface area contributed by atoms with E-state index in [9.17, 15) is 0 Å². The number of rotatable bonds is 0. The molecule has 1 nitrogen and oxygen atoms in total. The van der Waals surface area contributed by atoms with Crippen LogP contribution < -0.4 is 6.15 Å². The Morgan fingerprint density at radius 3 is 1.00 bits per heavy atom. The molecule has 4 heavy (non-hydrogen) atoms. The quantitative estimate of drug-likeness (QED) is 0.535. The van der Waals surface area contributed by atoms with Crippen molar-refractivity contribution in [1.82, 2.24) is 6.15 Å². The largest absolute Gasteiger partial charge is 0.344 e. The summed E-state index contributed by atoms with van der Waals surface area (Å²) in [5, 5.41) is 0. The van der Waals surface area contributed by atoms with Gasteiger partial charge in [-0.05, 0) is 0 Å². The van der Waals surface area contributed by atoms with Gasteiger partial charge in [-0.3, -0.25) is 0 Å². The second-order valence-corrected chi connectivity index (χ2v) is 0. The molecule has 3 N–H and O–H groups in total. The molecule has 0 rings (SSSR count). The van der Waals surface area contributed by atoms with E-state index in [-0.39, 0.29) is 70.8 Å². The number of hydrogen-bond donors (Lipinski definition) is 1. The van der Waals surface area contributed by atoms with Crippen molar-refractivity contribution >= 4 is 17.4 Å². The van der Waals surface area contributed by atoms with Gasteiger partial charge in [0.2, 0.25) is 0 Å². The van der Waals surface area contributed by atoms with Crippen molar-refractivity contribution in [2.45, 2.75) is 0 Å². The summed E-state index contributed by atoms with van der Waals surface area (Å²) in [7, 11) is 0. The molecule has 0 bridgehead atoms. The molecule has 0 saturated carbocycles. The molecule has 0 spiro atoms. The van der Waals surface area contributed by atoms with Crippen molar-refractivity contribution in [3.8, 4) is 0 Å². The summed E-state index contributed by atoms with van der Waals surface area (Å²) in [6.07, 6.45) is 0. The Labute approximate surface area is 70.0 Å². The van der Waals surface area contributed by atoms with Gasteiger partial charge in [0, 0.05) is 47.3 Å². The first-order valence-electron chi connectivity index (χ1n) is 0.